The third-order valence-corrected chi connectivity index (χ3v) is 4.22. The van der Waals surface area contributed by atoms with E-state index in [1.807, 2.05) is 6.92 Å². The van der Waals surface area contributed by atoms with Crippen molar-refractivity contribution in [2.45, 2.75) is 19.1 Å². The number of benzene rings is 1. The van der Waals surface area contributed by atoms with E-state index in [1.165, 1.54) is 12.1 Å². The van der Waals surface area contributed by atoms with Crippen LogP contribution < -0.4 is 5.32 Å². The van der Waals surface area contributed by atoms with Gasteiger partial charge in [0.15, 0.2) is 0 Å². The van der Waals surface area contributed by atoms with E-state index in [-0.39, 0.29) is 17.2 Å². The summed E-state index contributed by atoms with van der Waals surface area (Å²) in [4.78, 5) is 2.22. The number of rotatable bonds is 4. The van der Waals surface area contributed by atoms with Crippen molar-refractivity contribution < 1.29 is 9.13 Å². The molecule has 1 saturated heterocycles. The third-order valence-electron chi connectivity index (χ3n) is 3.51. The van der Waals surface area contributed by atoms with Crippen molar-refractivity contribution in [2.24, 2.45) is 0 Å². The molecule has 0 bridgehead atoms. The van der Waals surface area contributed by atoms with Crippen LogP contribution >= 0.6 is 23.2 Å². The summed E-state index contributed by atoms with van der Waals surface area (Å²) in [6, 6.07) is 2.67. The summed E-state index contributed by atoms with van der Waals surface area (Å²) in [5.41, 5.74) is 0.595. The molecule has 1 aromatic rings. The number of hydrogen-bond acceptors (Lipinski definition) is 3. The lowest BCUT2D eigenvalue weighted by atomic mass is 10.1. The second-order valence-electron chi connectivity index (χ2n) is 5.14. The summed E-state index contributed by atoms with van der Waals surface area (Å²) in [7, 11) is 2.07. The van der Waals surface area contributed by atoms with E-state index in [9.17, 15) is 4.39 Å². The van der Waals surface area contributed by atoms with E-state index < -0.39 is 5.82 Å². The maximum atomic E-state index is 13.5. The van der Waals surface area contributed by atoms with Crippen molar-refractivity contribution in [1.29, 1.82) is 0 Å². The van der Waals surface area contributed by atoms with E-state index in [4.69, 9.17) is 27.9 Å². The zero-order valence-electron chi connectivity index (χ0n) is 11.6. The summed E-state index contributed by atoms with van der Waals surface area (Å²) in [5, 5.41) is 3.86. The molecule has 2 rings (SSSR count). The molecule has 112 valence electrons. The van der Waals surface area contributed by atoms with Crippen molar-refractivity contribution in [3.8, 4) is 0 Å². The number of likely N-dealkylation sites (N-methyl/N-ethyl adjacent to an activating group) is 1. The highest BCUT2D eigenvalue weighted by molar-refractivity contribution is 6.36. The van der Waals surface area contributed by atoms with E-state index >= 15 is 0 Å². The fraction of sp³-hybridized carbons (Fsp3) is 0.571. The van der Waals surface area contributed by atoms with E-state index in [0.29, 0.717) is 17.1 Å². The minimum Gasteiger partial charge on any atom is -0.374 e. The zero-order valence-corrected chi connectivity index (χ0v) is 13.1. The number of morpholine rings is 1. The van der Waals surface area contributed by atoms with Gasteiger partial charge < -0.3 is 15.0 Å². The Bertz CT molecular complexity index is 473. The summed E-state index contributed by atoms with van der Waals surface area (Å²) >= 11 is 12.1. The van der Waals surface area contributed by atoms with Gasteiger partial charge in [-0.15, -0.1) is 0 Å². The SMILES string of the molecule is CC(NCC1CN(C)CCO1)c1c(Cl)ccc(F)c1Cl. The average Bonchev–Trinajstić information content (AvgIpc) is 2.41. The van der Waals surface area contributed by atoms with Crippen molar-refractivity contribution in [1.82, 2.24) is 10.2 Å². The number of nitrogens with zero attached hydrogens (tertiary/aromatic N) is 1. The molecule has 6 heteroatoms. The lowest BCUT2D eigenvalue weighted by molar-refractivity contribution is -0.0190. The van der Waals surface area contributed by atoms with Gasteiger partial charge in [0, 0.05) is 36.3 Å². The van der Waals surface area contributed by atoms with Gasteiger partial charge in [0.2, 0.25) is 0 Å². The maximum absolute atomic E-state index is 13.5. The maximum Gasteiger partial charge on any atom is 0.142 e. The van der Waals surface area contributed by atoms with Gasteiger partial charge in [-0.2, -0.15) is 0 Å². The van der Waals surface area contributed by atoms with E-state index in [0.717, 1.165) is 19.7 Å². The molecule has 1 aliphatic rings. The molecule has 20 heavy (non-hydrogen) atoms. The van der Waals surface area contributed by atoms with Gasteiger partial charge in [-0.25, -0.2) is 4.39 Å². The lowest BCUT2D eigenvalue weighted by Gasteiger charge is -2.31. The number of nitrogens with one attached hydrogen (secondary N) is 1. The molecule has 3 nitrogen and oxygen atoms in total. The van der Waals surface area contributed by atoms with Gasteiger partial charge in [-0.3, -0.25) is 0 Å². The first-order chi connectivity index (χ1) is 9.49. The Balaban J connectivity index is 1.98. The second-order valence-corrected chi connectivity index (χ2v) is 5.93. The molecule has 1 aromatic carbocycles. The average molecular weight is 321 g/mol. The van der Waals surface area contributed by atoms with Gasteiger partial charge in [-0.05, 0) is 26.1 Å². The molecule has 1 fully saturated rings. The van der Waals surface area contributed by atoms with Crippen LogP contribution in [0.15, 0.2) is 12.1 Å². The van der Waals surface area contributed by atoms with Crippen LogP contribution in [0.5, 0.6) is 0 Å². The summed E-state index contributed by atoms with van der Waals surface area (Å²) in [6.45, 7) is 5.16. The van der Waals surface area contributed by atoms with Crippen molar-refractivity contribution in [2.75, 3.05) is 33.3 Å². The van der Waals surface area contributed by atoms with Crippen LogP contribution in [0.25, 0.3) is 0 Å². The van der Waals surface area contributed by atoms with Gasteiger partial charge in [0.25, 0.3) is 0 Å². The minimum atomic E-state index is -0.451. The minimum absolute atomic E-state index is 0.0826. The predicted octanol–water partition coefficient (Wildman–Crippen LogP) is 3.11. The summed E-state index contributed by atoms with van der Waals surface area (Å²) < 4.78 is 19.2. The van der Waals surface area contributed by atoms with E-state index in [1.54, 1.807) is 0 Å². The summed E-state index contributed by atoms with van der Waals surface area (Å²) in [6.07, 6.45) is 0.127. The van der Waals surface area contributed by atoms with Crippen LogP contribution in [0.2, 0.25) is 10.0 Å². The second kappa shape index (κ2) is 7.05. The largest absolute Gasteiger partial charge is 0.374 e. The molecule has 1 heterocycles. The van der Waals surface area contributed by atoms with E-state index in [2.05, 4.69) is 17.3 Å². The lowest BCUT2D eigenvalue weighted by Crippen LogP contribution is -2.45. The number of halogens is 3. The molecule has 0 aliphatic carbocycles. The molecule has 2 unspecified atom stereocenters. The van der Waals surface area contributed by atoms with Crippen molar-refractivity contribution in [3.63, 3.8) is 0 Å². The Labute approximate surface area is 129 Å². The quantitative estimate of drug-likeness (QED) is 0.863. The van der Waals surface area contributed by atoms with Crippen LogP contribution in [-0.4, -0.2) is 44.3 Å². The van der Waals surface area contributed by atoms with Gasteiger partial charge in [0.05, 0.1) is 17.7 Å². The molecular weight excluding hydrogens is 302 g/mol. The normalized spacial score (nSPS) is 21.9. The molecule has 1 N–H and O–H groups in total. The van der Waals surface area contributed by atoms with Crippen LogP contribution in [0.3, 0.4) is 0 Å². The Kier molecular flexibility index (Phi) is 5.64. The van der Waals surface area contributed by atoms with Gasteiger partial charge >= 0.3 is 0 Å². The molecule has 1 aliphatic heterocycles. The molecular formula is C14H19Cl2FN2O. The molecule has 0 amide bonds. The fourth-order valence-corrected chi connectivity index (χ4v) is 3.04. The Morgan fingerprint density at radius 2 is 2.25 bits per heavy atom. The highest BCUT2D eigenvalue weighted by atomic mass is 35.5. The Morgan fingerprint density at radius 3 is 2.95 bits per heavy atom. The first-order valence-electron chi connectivity index (χ1n) is 6.66. The van der Waals surface area contributed by atoms with Crippen LogP contribution in [0, 0.1) is 5.82 Å². The van der Waals surface area contributed by atoms with Crippen LogP contribution in [0.4, 0.5) is 4.39 Å². The highest BCUT2D eigenvalue weighted by Gasteiger charge is 2.21. The number of ether oxygens (including phenoxy) is 1. The molecule has 0 spiro atoms. The van der Waals surface area contributed by atoms with Gasteiger partial charge in [-0.1, -0.05) is 23.2 Å². The zero-order chi connectivity index (χ0) is 14.7. The predicted molar refractivity (Wildman–Crippen MR) is 80.1 cm³/mol. The van der Waals surface area contributed by atoms with Crippen LogP contribution in [-0.2, 0) is 4.74 Å². The third kappa shape index (κ3) is 3.83. The first kappa shape index (κ1) is 16.0. The fourth-order valence-electron chi connectivity index (χ4n) is 2.34. The highest BCUT2D eigenvalue weighted by Crippen LogP contribution is 2.32. The van der Waals surface area contributed by atoms with Crippen molar-refractivity contribution in [3.05, 3.63) is 33.6 Å². The molecule has 0 saturated carbocycles. The van der Waals surface area contributed by atoms with Crippen molar-refractivity contribution >= 4 is 23.2 Å². The summed E-state index contributed by atoms with van der Waals surface area (Å²) in [5.74, 6) is -0.451. The Hall–Kier alpha value is -0.390. The molecule has 0 radical (unpaired) electrons. The standard InChI is InChI=1S/C14H19Cl2FN2O/c1-9(13-11(15)3-4-12(17)14(13)16)18-7-10-8-19(2)5-6-20-10/h3-4,9-10,18H,5-8H2,1-2H3. The smallest absolute Gasteiger partial charge is 0.142 e. The van der Waals surface area contributed by atoms with Gasteiger partial charge in [0.1, 0.15) is 5.82 Å². The molecule has 2 atom stereocenters. The molecule has 0 aromatic heterocycles. The topological polar surface area (TPSA) is 24.5 Å². The monoisotopic (exact) mass is 320 g/mol. The number of hydrogen-bond donors (Lipinski definition) is 1. The van der Waals surface area contributed by atoms with Crippen LogP contribution in [0.1, 0.15) is 18.5 Å². The Morgan fingerprint density at radius 1 is 1.50 bits per heavy atom. The first-order valence-corrected chi connectivity index (χ1v) is 7.41.